The first-order valence-corrected chi connectivity index (χ1v) is 12.3. The van der Waals surface area contributed by atoms with E-state index in [2.05, 4.69) is 15.3 Å². The van der Waals surface area contributed by atoms with Crippen molar-refractivity contribution in [2.45, 2.75) is 26.2 Å². The number of alkyl halides is 6. The molecule has 2 aromatic heterocycles. The molecule has 0 saturated carbocycles. The van der Waals surface area contributed by atoms with Crippen LogP contribution in [0.5, 0.6) is 0 Å². The molecule has 3 rings (SSSR count). The minimum Gasteiger partial charge on any atom is -0.382 e. The summed E-state index contributed by atoms with van der Waals surface area (Å²) in [7, 11) is -4.24. The van der Waals surface area contributed by atoms with Gasteiger partial charge in [0.05, 0.1) is 30.9 Å². The fourth-order valence-electron chi connectivity index (χ4n) is 2.72. The van der Waals surface area contributed by atoms with E-state index in [4.69, 9.17) is 93.6 Å². The third-order valence-electron chi connectivity index (χ3n) is 4.02. The van der Waals surface area contributed by atoms with Gasteiger partial charge >= 0.3 is 7.82 Å². The number of ether oxygens (including phenoxy) is 1. The summed E-state index contributed by atoms with van der Waals surface area (Å²) < 4.78 is 32.0. The summed E-state index contributed by atoms with van der Waals surface area (Å²) in [6.45, 7) is -1.01. The lowest BCUT2D eigenvalue weighted by Gasteiger charge is -2.23. The molecule has 17 heteroatoms. The number of phosphoric ester groups is 1. The van der Waals surface area contributed by atoms with Crippen LogP contribution in [0.2, 0.25) is 0 Å². The monoisotopic (exact) mass is 575 g/mol. The van der Waals surface area contributed by atoms with Gasteiger partial charge in [0.1, 0.15) is 13.2 Å². The summed E-state index contributed by atoms with van der Waals surface area (Å²) >= 11 is 33.8. The minimum atomic E-state index is -4.24. The Labute approximate surface area is 207 Å². The number of pyridine rings is 1. The molecule has 2 atom stereocenters. The second-order valence-electron chi connectivity index (χ2n) is 6.46. The number of nitrogens with two attached hydrogens (primary N) is 1. The number of rotatable bonds is 8. The van der Waals surface area contributed by atoms with Crippen LogP contribution in [0.4, 0.5) is 5.82 Å². The lowest BCUT2D eigenvalue weighted by Crippen LogP contribution is -2.20. The van der Waals surface area contributed by atoms with Gasteiger partial charge in [0.15, 0.2) is 11.3 Å². The van der Waals surface area contributed by atoms with E-state index in [1.54, 1.807) is 16.9 Å². The van der Waals surface area contributed by atoms with Crippen LogP contribution in [0.1, 0.15) is 12.5 Å². The second-order valence-corrected chi connectivity index (χ2v) is 13.2. The van der Waals surface area contributed by atoms with E-state index in [0.29, 0.717) is 24.1 Å². The standard InChI is InChI=1S/C14H16Cl6N5O5P/c15-13(16,17)6-29-31(26,30-7-14(18,19)20)28-5-9-3-8(4-27-9)25-10-1-2-22-12(21)11(10)23-24-25/h1-2,8-9H,3-7H2,(H2,21,22)/t8-,9-/m1/s1. The predicted octanol–water partition coefficient (Wildman–Crippen LogP) is 4.64. The molecule has 2 N–H and O–H groups in total. The highest BCUT2D eigenvalue weighted by atomic mass is 35.6. The number of nitrogen functional groups attached to an aromatic ring is 1. The molecule has 0 amide bonds. The molecule has 0 unspecified atom stereocenters. The maximum Gasteiger partial charge on any atom is 0.475 e. The van der Waals surface area contributed by atoms with Crippen molar-refractivity contribution in [1.29, 1.82) is 0 Å². The van der Waals surface area contributed by atoms with Gasteiger partial charge in [-0.05, 0) is 6.07 Å². The molecule has 0 spiro atoms. The van der Waals surface area contributed by atoms with E-state index in [1.165, 1.54) is 0 Å². The summed E-state index contributed by atoms with van der Waals surface area (Å²) in [4.78, 5) is 3.98. The maximum absolute atomic E-state index is 12.9. The van der Waals surface area contributed by atoms with Crippen LogP contribution in [0.15, 0.2) is 12.3 Å². The van der Waals surface area contributed by atoms with Crippen LogP contribution < -0.4 is 5.73 Å². The summed E-state index contributed by atoms with van der Waals surface area (Å²) in [6.07, 6.45) is 1.56. The molecular formula is C14H16Cl6N5O5P. The van der Waals surface area contributed by atoms with Crippen LogP contribution in [0.3, 0.4) is 0 Å². The van der Waals surface area contributed by atoms with Gasteiger partial charge in [0.25, 0.3) is 0 Å². The molecular weight excluding hydrogens is 562 g/mol. The first kappa shape index (κ1) is 25.8. The number of nitrogens with zero attached hydrogens (tertiary/aromatic N) is 4. The Bertz CT molecular complexity index is 932. The van der Waals surface area contributed by atoms with Crippen molar-refractivity contribution < 1.29 is 22.9 Å². The van der Waals surface area contributed by atoms with Gasteiger partial charge in [-0.2, -0.15) is 0 Å². The van der Waals surface area contributed by atoms with Gasteiger partial charge in [0.2, 0.25) is 7.59 Å². The Morgan fingerprint density at radius 1 is 1.16 bits per heavy atom. The molecule has 1 aliphatic rings. The van der Waals surface area contributed by atoms with Gasteiger partial charge in [0, 0.05) is 12.6 Å². The highest BCUT2D eigenvalue weighted by molar-refractivity contribution is 7.48. The van der Waals surface area contributed by atoms with E-state index >= 15 is 0 Å². The van der Waals surface area contributed by atoms with Crippen molar-refractivity contribution in [1.82, 2.24) is 20.0 Å². The first-order chi connectivity index (χ1) is 14.4. The number of phosphoric acid groups is 1. The molecule has 0 aliphatic carbocycles. The van der Waals surface area contributed by atoms with Crippen LogP contribution in [-0.2, 0) is 22.9 Å². The minimum absolute atomic E-state index is 0.163. The van der Waals surface area contributed by atoms with E-state index < -0.39 is 34.7 Å². The molecule has 174 valence electrons. The van der Waals surface area contributed by atoms with Crippen LogP contribution in [-0.4, -0.2) is 60.1 Å². The predicted molar refractivity (Wildman–Crippen MR) is 119 cm³/mol. The zero-order valence-electron chi connectivity index (χ0n) is 15.5. The Hall–Kier alpha value is 0.160. The van der Waals surface area contributed by atoms with Crippen LogP contribution >= 0.6 is 77.4 Å². The average molecular weight is 578 g/mol. The lowest BCUT2D eigenvalue weighted by atomic mass is 10.2. The molecule has 10 nitrogen and oxygen atoms in total. The Kier molecular flexibility index (Phi) is 8.48. The van der Waals surface area contributed by atoms with E-state index in [9.17, 15) is 4.57 Å². The van der Waals surface area contributed by atoms with Crippen molar-refractivity contribution in [2.75, 3.05) is 32.2 Å². The summed E-state index contributed by atoms with van der Waals surface area (Å²) in [6, 6.07) is 1.59. The van der Waals surface area contributed by atoms with Gasteiger partial charge in [-0.25, -0.2) is 14.2 Å². The Morgan fingerprint density at radius 2 is 1.81 bits per heavy atom. The highest BCUT2D eigenvalue weighted by Gasteiger charge is 2.37. The Balaban J connectivity index is 1.62. The summed E-state index contributed by atoms with van der Waals surface area (Å²) in [5.41, 5.74) is 7.02. The summed E-state index contributed by atoms with van der Waals surface area (Å²) in [5, 5.41) is 8.17. The van der Waals surface area contributed by atoms with E-state index in [1.807, 2.05) is 0 Å². The summed E-state index contributed by atoms with van der Waals surface area (Å²) in [5.74, 6) is 0.278. The third kappa shape index (κ3) is 7.58. The van der Waals surface area contributed by atoms with Gasteiger partial charge in [-0.1, -0.05) is 74.8 Å². The average Bonchev–Trinajstić information content (AvgIpc) is 3.30. The topological polar surface area (TPSA) is 124 Å². The van der Waals surface area contributed by atoms with E-state index in [-0.39, 0.29) is 18.5 Å². The second kappa shape index (κ2) is 10.2. The van der Waals surface area contributed by atoms with E-state index in [0.717, 1.165) is 0 Å². The first-order valence-electron chi connectivity index (χ1n) is 8.59. The molecule has 1 aliphatic heterocycles. The molecule has 0 aromatic carbocycles. The molecule has 31 heavy (non-hydrogen) atoms. The number of hydrogen-bond donors (Lipinski definition) is 1. The Morgan fingerprint density at radius 3 is 2.42 bits per heavy atom. The fourth-order valence-corrected chi connectivity index (χ4v) is 4.78. The van der Waals surface area contributed by atoms with Crippen molar-refractivity contribution in [3.05, 3.63) is 12.3 Å². The number of hydrogen-bond acceptors (Lipinski definition) is 9. The number of anilines is 1. The smallest absolute Gasteiger partial charge is 0.382 e. The van der Waals surface area contributed by atoms with Crippen molar-refractivity contribution >= 4 is 94.3 Å². The van der Waals surface area contributed by atoms with Crippen molar-refractivity contribution in [2.24, 2.45) is 0 Å². The fraction of sp³-hybridized carbons (Fsp3) is 0.643. The lowest BCUT2D eigenvalue weighted by molar-refractivity contribution is 0.0393. The quantitative estimate of drug-likeness (QED) is 0.353. The van der Waals surface area contributed by atoms with Crippen molar-refractivity contribution in [3.63, 3.8) is 0 Å². The molecule has 1 saturated heterocycles. The largest absolute Gasteiger partial charge is 0.475 e. The zero-order valence-corrected chi connectivity index (χ0v) is 20.9. The zero-order chi connectivity index (χ0) is 22.9. The number of aromatic nitrogens is 4. The SMILES string of the molecule is Nc1nccc2c1nnn2[C@H]1CO[C@@H](COP(=O)(OCC(Cl)(Cl)Cl)OCC(Cl)(Cl)Cl)C1. The molecule has 2 aromatic rings. The highest BCUT2D eigenvalue weighted by Crippen LogP contribution is 2.53. The van der Waals surface area contributed by atoms with Crippen LogP contribution in [0.25, 0.3) is 11.0 Å². The number of fused-ring (bicyclic) bond motifs is 1. The molecule has 3 heterocycles. The van der Waals surface area contributed by atoms with Gasteiger partial charge < -0.3 is 10.5 Å². The maximum atomic E-state index is 12.9. The normalized spacial score (nSPS) is 20.6. The third-order valence-corrected chi connectivity index (χ3v) is 6.03. The van der Waals surface area contributed by atoms with Gasteiger partial charge in [-0.15, -0.1) is 5.10 Å². The molecule has 0 radical (unpaired) electrons. The van der Waals surface area contributed by atoms with Crippen LogP contribution in [0, 0.1) is 0 Å². The molecule has 0 bridgehead atoms. The molecule has 1 fully saturated rings. The van der Waals surface area contributed by atoms with Crippen molar-refractivity contribution in [3.8, 4) is 0 Å². The van der Waals surface area contributed by atoms with Gasteiger partial charge in [-0.3, -0.25) is 13.6 Å². The number of halogens is 6.